The Morgan fingerprint density at radius 2 is 2.32 bits per heavy atom. The quantitative estimate of drug-likeness (QED) is 0.914. The first kappa shape index (κ1) is 12.3. The monoisotopic (exact) mass is 274 g/mol. The number of carbonyl (C=O) groups is 1. The van der Waals surface area contributed by atoms with Gasteiger partial charge in [0.25, 0.3) is 5.91 Å². The van der Waals surface area contributed by atoms with E-state index in [4.69, 9.17) is 4.52 Å². The SMILES string of the molecule is Cc1cc(C(=O)N[C@@H]2CCSc3ccccc32)no1. The van der Waals surface area contributed by atoms with Crippen molar-refractivity contribution in [1.29, 1.82) is 0 Å². The fraction of sp³-hybridized carbons (Fsp3) is 0.286. The average Bonchev–Trinajstić information content (AvgIpc) is 2.86. The summed E-state index contributed by atoms with van der Waals surface area (Å²) in [6, 6.07) is 9.90. The van der Waals surface area contributed by atoms with E-state index in [2.05, 4.69) is 22.6 Å². The number of thioether (sulfide) groups is 1. The standard InChI is InChI=1S/C14H14N2O2S/c1-9-8-12(16-18-9)14(17)15-11-6-7-19-13-5-3-2-4-10(11)13/h2-5,8,11H,6-7H2,1H3,(H,15,17)/t11-/m1/s1. The number of aryl methyl sites for hydroxylation is 1. The highest BCUT2D eigenvalue weighted by Gasteiger charge is 2.23. The molecule has 0 aliphatic carbocycles. The van der Waals surface area contributed by atoms with Crippen molar-refractivity contribution in [3.8, 4) is 0 Å². The van der Waals surface area contributed by atoms with E-state index in [9.17, 15) is 4.79 Å². The number of amides is 1. The van der Waals surface area contributed by atoms with Crippen LogP contribution in [-0.2, 0) is 0 Å². The summed E-state index contributed by atoms with van der Waals surface area (Å²) >= 11 is 1.83. The first-order valence-corrected chi connectivity index (χ1v) is 7.18. The molecule has 4 nitrogen and oxygen atoms in total. The number of nitrogens with one attached hydrogen (secondary N) is 1. The summed E-state index contributed by atoms with van der Waals surface area (Å²) in [4.78, 5) is 13.3. The van der Waals surface area contributed by atoms with Gasteiger partial charge in [-0.25, -0.2) is 0 Å². The van der Waals surface area contributed by atoms with Crippen LogP contribution < -0.4 is 5.32 Å². The number of hydrogen-bond acceptors (Lipinski definition) is 4. The van der Waals surface area contributed by atoms with Gasteiger partial charge in [-0.1, -0.05) is 23.4 Å². The van der Waals surface area contributed by atoms with Crippen LogP contribution in [0.5, 0.6) is 0 Å². The van der Waals surface area contributed by atoms with Crippen LogP contribution in [0.4, 0.5) is 0 Å². The Balaban J connectivity index is 1.79. The van der Waals surface area contributed by atoms with Crippen molar-refractivity contribution >= 4 is 17.7 Å². The van der Waals surface area contributed by atoms with E-state index in [-0.39, 0.29) is 11.9 Å². The Morgan fingerprint density at radius 3 is 3.11 bits per heavy atom. The van der Waals surface area contributed by atoms with Crippen LogP contribution in [0.15, 0.2) is 39.8 Å². The average molecular weight is 274 g/mol. The first-order valence-electron chi connectivity index (χ1n) is 6.20. The molecule has 1 aliphatic rings. The number of carbonyl (C=O) groups excluding carboxylic acids is 1. The maximum absolute atomic E-state index is 12.1. The Hall–Kier alpha value is -1.75. The van der Waals surface area contributed by atoms with Crippen molar-refractivity contribution in [3.05, 3.63) is 47.3 Å². The smallest absolute Gasteiger partial charge is 0.273 e. The predicted octanol–water partition coefficient (Wildman–Crippen LogP) is 2.95. The molecule has 5 heteroatoms. The third-order valence-corrected chi connectivity index (χ3v) is 4.25. The molecule has 19 heavy (non-hydrogen) atoms. The molecule has 1 aromatic carbocycles. The Kier molecular flexibility index (Phi) is 3.29. The highest BCUT2D eigenvalue weighted by atomic mass is 32.2. The van der Waals surface area contributed by atoms with E-state index in [1.807, 2.05) is 23.9 Å². The van der Waals surface area contributed by atoms with Crippen LogP contribution in [0.3, 0.4) is 0 Å². The highest BCUT2D eigenvalue weighted by molar-refractivity contribution is 7.99. The second kappa shape index (κ2) is 5.09. The van der Waals surface area contributed by atoms with Crippen LogP contribution >= 0.6 is 11.8 Å². The molecule has 98 valence electrons. The maximum Gasteiger partial charge on any atom is 0.273 e. The molecule has 1 N–H and O–H groups in total. The van der Waals surface area contributed by atoms with E-state index >= 15 is 0 Å². The summed E-state index contributed by atoms with van der Waals surface area (Å²) in [5.74, 6) is 1.48. The molecule has 0 radical (unpaired) electrons. The predicted molar refractivity (Wildman–Crippen MR) is 73.2 cm³/mol. The molecule has 1 amide bonds. The van der Waals surface area contributed by atoms with Gasteiger partial charge in [-0.15, -0.1) is 11.8 Å². The van der Waals surface area contributed by atoms with Gasteiger partial charge in [0.15, 0.2) is 5.69 Å². The zero-order chi connectivity index (χ0) is 13.2. The molecule has 0 fully saturated rings. The molecule has 1 atom stereocenters. The highest BCUT2D eigenvalue weighted by Crippen LogP contribution is 2.35. The molecule has 0 saturated heterocycles. The Bertz CT molecular complexity index is 609. The van der Waals surface area contributed by atoms with Crippen molar-refractivity contribution in [2.45, 2.75) is 24.3 Å². The molecule has 2 aromatic rings. The molecule has 0 saturated carbocycles. The second-order valence-corrected chi connectivity index (χ2v) is 5.66. The van der Waals surface area contributed by atoms with Gasteiger partial charge < -0.3 is 9.84 Å². The summed E-state index contributed by atoms with van der Waals surface area (Å²) in [6.07, 6.45) is 0.935. The van der Waals surface area contributed by atoms with Gasteiger partial charge in [0.05, 0.1) is 6.04 Å². The second-order valence-electron chi connectivity index (χ2n) is 4.52. The zero-order valence-electron chi connectivity index (χ0n) is 10.6. The van der Waals surface area contributed by atoms with Crippen molar-refractivity contribution in [3.63, 3.8) is 0 Å². The minimum absolute atomic E-state index is 0.0574. The topological polar surface area (TPSA) is 55.1 Å². The maximum atomic E-state index is 12.1. The van der Waals surface area contributed by atoms with Crippen LogP contribution in [0.1, 0.15) is 34.3 Å². The fourth-order valence-electron chi connectivity index (χ4n) is 2.20. The van der Waals surface area contributed by atoms with Crippen LogP contribution in [0.25, 0.3) is 0 Å². The number of benzene rings is 1. The number of aromatic nitrogens is 1. The van der Waals surface area contributed by atoms with E-state index in [0.717, 1.165) is 12.2 Å². The van der Waals surface area contributed by atoms with Crippen molar-refractivity contribution in [2.75, 3.05) is 5.75 Å². The van der Waals surface area contributed by atoms with Gasteiger partial charge in [0, 0.05) is 16.7 Å². The molecule has 3 rings (SSSR count). The minimum atomic E-state index is -0.177. The Labute approximate surface area is 115 Å². The largest absolute Gasteiger partial charge is 0.361 e. The van der Waals surface area contributed by atoms with E-state index in [1.165, 1.54) is 10.5 Å². The zero-order valence-corrected chi connectivity index (χ0v) is 11.4. The normalized spacial score (nSPS) is 17.8. The van der Waals surface area contributed by atoms with Gasteiger partial charge >= 0.3 is 0 Å². The van der Waals surface area contributed by atoms with Gasteiger partial charge in [-0.3, -0.25) is 4.79 Å². The van der Waals surface area contributed by atoms with Gasteiger partial charge in [-0.05, 0) is 25.0 Å². The molecule has 1 aromatic heterocycles. The minimum Gasteiger partial charge on any atom is -0.361 e. The summed E-state index contributed by atoms with van der Waals surface area (Å²) < 4.78 is 4.93. The molecule has 0 bridgehead atoms. The number of hydrogen-bond donors (Lipinski definition) is 1. The molecule has 2 heterocycles. The lowest BCUT2D eigenvalue weighted by Gasteiger charge is -2.25. The summed E-state index contributed by atoms with van der Waals surface area (Å²) in [5.41, 5.74) is 1.53. The first-order chi connectivity index (χ1) is 9.24. The lowest BCUT2D eigenvalue weighted by molar-refractivity contribution is 0.0926. The van der Waals surface area contributed by atoms with E-state index < -0.39 is 0 Å². The third kappa shape index (κ3) is 2.51. The van der Waals surface area contributed by atoms with Gasteiger partial charge in [0.2, 0.25) is 0 Å². The lowest BCUT2D eigenvalue weighted by Crippen LogP contribution is -2.30. The van der Waals surface area contributed by atoms with E-state index in [1.54, 1.807) is 13.0 Å². The molecule has 0 spiro atoms. The van der Waals surface area contributed by atoms with Crippen molar-refractivity contribution in [1.82, 2.24) is 10.5 Å². The molecule has 0 unspecified atom stereocenters. The van der Waals surface area contributed by atoms with Crippen LogP contribution in [0, 0.1) is 6.92 Å². The van der Waals surface area contributed by atoms with Gasteiger partial charge in [-0.2, -0.15) is 0 Å². The molecular formula is C14H14N2O2S. The fourth-order valence-corrected chi connectivity index (χ4v) is 3.32. The number of rotatable bonds is 2. The lowest BCUT2D eigenvalue weighted by atomic mass is 10.0. The van der Waals surface area contributed by atoms with E-state index in [0.29, 0.717) is 11.5 Å². The number of fused-ring (bicyclic) bond motifs is 1. The number of nitrogens with zero attached hydrogens (tertiary/aromatic N) is 1. The van der Waals surface area contributed by atoms with Crippen molar-refractivity contribution < 1.29 is 9.32 Å². The summed E-state index contributed by atoms with van der Waals surface area (Å²) in [5, 5.41) is 6.77. The van der Waals surface area contributed by atoms with Crippen LogP contribution in [-0.4, -0.2) is 16.8 Å². The summed E-state index contributed by atoms with van der Waals surface area (Å²) in [6.45, 7) is 1.77. The Morgan fingerprint density at radius 1 is 1.47 bits per heavy atom. The van der Waals surface area contributed by atoms with Crippen molar-refractivity contribution in [2.24, 2.45) is 0 Å². The molecular weight excluding hydrogens is 260 g/mol. The summed E-state index contributed by atoms with van der Waals surface area (Å²) in [7, 11) is 0. The van der Waals surface area contributed by atoms with Gasteiger partial charge in [0.1, 0.15) is 5.76 Å². The molecule has 1 aliphatic heterocycles. The third-order valence-electron chi connectivity index (χ3n) is 3.12. The van der Waals surface area contributed by atoms with Crippen LogP contribution in [0.2, 0.25) is 0 Å².